The summed E-state index contributed by atoms with van der Waals surface area (Å²) in [6.07, 6.45) is 2.19. The molecule has 0 bridgehead atoms. The van der Waals surface area contributed by atoms with E-state index in [1.807, 2.05) is 34.7 Å². The van der Waals surface area contributed by atoms with E-state index in [0.717, 1.165) is 11.3 Å². The fourth-order valence-electron chi connectivity index (χ4n) is 1.44. The zero-order valence-corrected chi connectivity index (χ0v) is 11.2. The lowest BCUT2D eigenvalue weighted by atomic mass is 10.1. The van der Waals surface area contributed by atoms with Crippen molar-refractivity contribution in [1.29, 1.82) is 0 Å². The van der Waals surface area contributed by atoms with Gasteiger partial charge in [0.2, 0.25) is 0 Å². The molecule has 1 heterocycles. The van der Waals surface area contributed by atoms with Crippen LogP contribution in [0.1, 0.15) is 32.0 Å². The van der Waals surface area contributed by atoms with Crippen LogP contribution in [0.15, 0.2) is 6.20 Å². The molecule has 0 saturated heterocycles. The van der Waals surface area contributed by atoms with Crippen molar-refractivity contribution in [3.8, 4) is 0 Å². The van der Waals surface area contributed by atoms with Gasteiger partial charge in [0.15, 0.2) is 0 Å². The van der Waals surface area contributed by atoms with Crippen molar-refractivity contribution in [2.45, 2.75) is 45.8 Å². The van der Waals surface area contributed by atoms with Gasteiger partial charge in [0.05, 0.1) is 6.20 Å². The summed E-state index contributed by atoms with van der Waals surface area (Å²) in [5, 5.41) is 4.11. The monoisotopic (exact) mass is 239 g/mol. The summed E-state index contributed by atoms with van der Waals surface area (Å²) >= 11 is 0. The average Bonchev–Trinajstić information content (AvgIpc) is 2.47. The molecule has 96 valence electrons. The van der Waals surface area contributed by atoms with Crippen molar-refractivity contribution in [3.63, 3.8) is 0 Å². The first kappa shape index (κ1) is 13.7. The molecule has 1 atom stereocenters. The Hall–Kier alpha value is -1.36. The molecule has 0 aliphatic rings. The molecule has 0 aliphatic carbocycles. The molecular weight excluding hydrogens is 218 g/mol. The number of aromatic nitrogens is 2. The second kappa shape index (κ2) is 4.87. The topological polar surface area (TPSA) is 70.1 Å². The van der Waals surface area contributed by atoms with E-state index in [9.17, 15) is 4.79 Å². The number of aryl methyl sites for hydroxylation is 1. The van der Waals surface area contributed by atoms with Crippen LogP contribution in [0.25, 0.3) is 0 Å². The molecule has 5 nitrogen and oxygen atoms in total. The number of carbonyl (C=O) groups excluding carboxylic acids is 1. The summed E-state index contributed by atoms with van der Waals surface area (Å²) in [4.78, 5) is 11.7. The van der Waals surface area contributed by atoms with Crippen LogP contribution in [0.5, 0.6) is 0 Å². The molecule has 2 N–H and O–H groups in total. The lowest BCUT2D eigenvalue weighted by Crippen LogP contribution is -2.38. The molecule has 1 rings (SSSR count). The third-order valence-corrected chi connectivity index (χ3v) is 2.49. The van der Waals surface area contributed by atoms with Crippen molar-refractivity contribution >= 4 is 5.97 Å². The van der Waals surface area contributed by atoms with Gasteiger partial charge < -0.3 is 10.5 Å². The highest BCUT2D eigenvalue weighted by atomic mass is 16.6. The molecular formula is C12H21N3O2. The van der Waals surface area contributed by atoms with E-state index in [4.69, 9.17) is 10.5 Å². The molecule has 0 aromatic carbocycles. The second-order valence-corrected chi connectivity index (χ2v) is 5.22. The normalized spacial score (nSPS) is 13.5. The van der Waals surface area contributed by atoms with Crippen LogP contribution >= 0.6 is 0 Å². The number of hydrogen-bond acceptors (Lipinski definition) is 4. The first-order valence-corrected chi connectivity index (χ1v) is 5.66. The van der Waals surface area contributed by atoms with Crippen LogP contribution in [-0.4, -0.2) is 27.4 Å². The molecule has 5 heteroatoms. The van der Waals surface area contributed by atoms with Crippen LogP contribution in [0, 0.1) is 6.92 Å². The van der Waals surface area contributed by atoms with Gasteiger partial charge in [-0.05, 0) is 33.3 Å². The van der Waals surface area contributed by atoms with Gasteiger partial charge in [0.1, 0.15) is 11.6 Å². The summed E-state index contributed by atoms with van der Waals surface area (Å²) in [5.74, 6) is -0.374. The zero-order valence-electron chi connectivity index (χ0n) is 11.2. The van der Waals surface area contributed by atoms with Gasteiger partial charge in [-0.25, -0.2) is 0 Å². The Morgan fingerprint density at radius 1 is 1.59 bits per heavy atom. The maximum atomic E-state index is 11.7. The minimum absolute atomic E-state index is 0.374. The highest BCUT2D eigenvalue weighted by Gasteiger charge is 2.23. The Kier molecular flexibility index (Phi) is 3.93. The Labute approximate surface area is 102 Å². The molecule has 0 saturated carbocycles. The lowest BCUT2D eigenvalue weighted by Gasteiger charge is -2.22. The smallest absolute Gasteiger partial charge is 0.323 e. The van der Waals surface area contributed by atoms with Crippen molar-refractivity contribution in [3.05, 3.63) is 17.5 Å². The van der Waals surface area contributed by atoms with Gasteiger partial charge in [0, 0.05) is 19.2 Å². The Morgan fingerprint density at radius 2 is 2.18 bits per heavy atom. The van der Waals surface area contributed by atoms with Gasteiger partial charge in [-0.1, -0.05) is 0 Å². The molecule has 0 unspecified atom stereocenters. The summed E-state index contributed by atoms with van der Waals surface area (Å²) in [7, 11) is 1.86. The minimum atomic E-state index is -0.642. The van der Waals surface area contributed by atoms with Crippen molar-refractivity contribution < 1.29 is 9.53 Å². The third-order valence-electron chi connectivity index (χ3n) is 2.49. The average molecular weight is 239 g/mol. The summed E-state index contributed by atoms with van der Waals surface area (Å²) in [5.41, 5.74) is 7.32. The number of carbonyl (C=O) groups is 1. The first-order chi connectivity index (χ1) is 7.70. The molecule has 0 amide bonds. The second-order valence-electron chi connectivity index (χ2n) is 5.22. The van der Waals surface area contributed by atoms with Crippen LogP contribution < -0.4 is 5.73 Å². The highest BCUT2D eigenvalue weighted by molar-refractivity contribution is 5.76. The lowest BCUT2D eigenvalue weighted by molar-refractivity contribution is -0.156. The Morgan fingerprint density at radius 3 is 2.59 bits per heavy atom. The summed E-state index contributed by atoms with van der Waals surface area (Å²) in [6.45, 7) is 7.43. The van der Waals surface area contributed by atoms with Crippen LogP contribution in [0.4, 0.5) is 0 Å². The van der Waals surface area contributed by atoms with E-state index in [1.165, 1.54) is 0 Å². The molecule has 1 aromatic rings. The predicted molar refractivity (Wildman–Crippen MR) is 65.5 cm³/mol. The largest absolute Gasteiger partial charge is 0.459 e. The number of nitrogens with zero attached hydrogens (tertiary/aromatic N) is 2. The van der Waals surface area contributed by atoms with E-state index >= 15 is 0 Å². The number of hydrogen-bond donors (Lipinski definition) is 1. The van der Waals surface area contributed by atoms with E-state index in [2.05, 4.69) is 5.10 Å². The SMILES string of the molecule is Cc1c(C[C@H](N)C(=O)OC(C)(C)C)cnn1C. The van der Waals surface area contributed by atoms with Gasteiger partial charge in [-0.2, -0.15) is 5.10 Å². The van der Waals surface area contributed by atoms with Gasteiger partial charge in [-0.15, -0.1) is 0 Å². The molecule has 0 aliphatic heterocycles. The number of esters is 1. The van der Waals surface area contributed by atoms with E-state index in [-0.39, 0.29) is 5.97 Å². The summed E-state index contributed by atoms with van der Waals surface area (Å²) < 4.78 is 6.99. The molecule has 0 radical (unpaired) electrons. The molecule has 0 fully saturated rings. The molecule has 1 aromatic heterocycles. The van der Waals surface area contributed by atoms with Crippen molar-refractivity contribution in [2.75, 3.05) is 0 Å². The standard InChI is InChI=1S/C12H21N3O2/c1-8-9(7-14-15(8)5)6-10(13)11(16)17-12(2,3)4/h7,10H,6,13H2,1-5H3/t10-/m0/s1. The van der Waals surface area contributed by atoms with E-state index in [0.29, 0.717) is 6.42 Å². The maximum Gasteiger partial charge on any atom is 0.323 e. The third kappa shape index (κ3) is 3.85. The predicted octanol–water partition coefficient (Wildman–Crippen LogP) is 0.940. The highest BCUT2D eigenvalue weighted by Crippen LogP contribution is 2.12. The molecule has 17 heavy (non-hydrogen) atoms. The fraction of sp³-hybridized carbons (Fsp3) is 0.667. The first-order valence-electron chi connectivity index (χ1n) is 5.66. The Balaban J connectivity index is 2.63. The fourth-order valence-corrected chi connectivity index (χ4v) is 1.44. The van der Waals surface area contributed by atoms with Crippen molar-refractivity contribution in [1.82, 2.24) is 9.78 Å². The molecule has 0 spiro atoms. The quantitative estimate of drug-likeness (QED) is 0.797. The van der Waals surface area contributed by atoms with Gasteiger partial charge >= 0.3 is 5.97 Å². The number of rotatable bonds is 3. The minimum Gasteiger partial charge on any atom is -0.459 e. The summed E-state index contributed by atoms with van der Waals surface area (Å²) in [6, 6.07) is -0.642. The van der Waals surface area contributed by atoms with E-state index < -0.39 is 11.6 Å². The maximum absolute atomic E-state index is 11.7. The van der Waals surface area contributed by atoms with Crippen LogP contribution in [-0.2, 0) is 23.0 Å². The van der Waals surface area contributed by atoms with Crippen LogP contribution in [0.3, 0.4) is 0 Å². The Bertz CT molecular complexity index is 404. The zero-order chi connectivity index (χ0) is 13.2. The van der Waals surface area contributed by atoms with Crippen molar-refractivity contribution in [2.24, 2.45) is 12.8 Å². The number of ether oxygens (including phenoxy) is 1. The number of nitrogens with two attached hydrogens (primary N) is 1. The van der Waals surface area contributed by atoms with Crippen LogP contribution in [0.2, 0.25) is 0 Å². The van der Waals surface area contributed by atoms with Gasteiger partial charge in [-0.3, -0.25) is 9.48 Å². The van der Waals surface area contributed by atoms with Gasteiger partial charge in [0.25, 0.3) is 0 Å². The van der Waals surface area contributed by atoms with E-state index in [1.54, 1.807) is 10.9 Å².